The van der Waals surface area contributed by atoms with Crippen LogP contribution in [-0.4, -0.2) is 11.5 Å². The van der Waals surface area contributed by atoms with Gasteiger partial charge in [-0.15, -0.1) is 23.5 Å². The van der Waals surface area contributed by atoms with E-state index in [-0.39, 0.29) is 5.82 Å². The molecule has 0 spiro atoms. The number of benzene rings is 2. The molecule has 17 heavy (non-hydrogen) atoms. The first-order valence-corrected chi connectivity index (χ1v) is 7.38. The third-order valence-corrected chi connectivity index (χ3v) is 4.46. The van der Waals surface area contributed by atoms with E-state index in [0.29, 0.717) is 0 Å². The molecular formula is C14H13FS2. The molecule has 0 nitrogen and oxygen atoms in total. The van der Waals surface area contributed by atoms with Crippen LogP contribution in [0.1, 0.15) is 0 Å². The van der Waals surface area contributed by atoms with Gasteiger partial charge in [0.15, 0.2) is 0 Å². The Morgan fingerprint density at radius 3 is 1.82 bits per heavy atom. The topological polar surface area (TPSA) is 0 Å². The highest BCUT2D eigenvalue weighted by molar-refractivity contribution is 8.03. The van der Waals surface area contributed by atoms with Gasteiger partial charge in [-0.2, -0.15) is 0 Å². The molecule has 2 rings (SSSR count). The minimum atomic E-state index is -0.173. The summed E-state index contributed by atoms with van der Waals surface area (Å²) in [6.45, 7) is 0. The predicted molar refractivity (Wildman–Crippen MR) is 74.3 cm³/mol. The lowest BCUT2D eigenvalue weighted by atomic mass is 10.4. The van der Waals surface area contributed by atoms with Crippen LogP contribution < -0.4 is 0 Å². The van der Waals surface area contributed by atoms with Gasteiger partial charge < -0.3 is 0 Å². The molecule has 0 amide bonds. The average molecular weight is 264 g/mol. The molecule has 0 radical (unpaired) electrons. The molecule has 2 aromatic rings. The Labute approximate surface area is 110 Å². The summed E-state index contributed by atoms with van der Waals surface area (Å²) in [5.74, 6) is 1.92. The van der Waals surface area contributed by atoms with E-state index in [1.165, 1.54) is 17.0 Å². The number of rotatable bonds is 5. The molecule has 0 aromatic heterocycles. The zero-order valence-corrected chi connectivity index (χ0v) is 10.9. The summed E-state index contributed by atoms with van der Waals surface area (Å²) in [6.07, 6.45) is 0. The van der Waals surface area contributed by atoms with Gasteiger partial charge in [-0.1, -0.05) is 18.2 Å². The second-order valence-corrected chi connectivity index (χ2v) is 5.80. The van der Waals surface area contributed by atoms with Crippen molar-refractivity contribution in [2.45, 2.75) is 9.79 Å². The second-order valence-electron chi connectivity index (χ2n) is 3.46. The lowest BCUT2D eigenvalue weighted by molar-refractivity contribution is 0.626. The van der Waals surface area contributed by atoms with Gasteiger partial charge in [0.05, 0.1) is 0 Å². The largest absolute Gasteiger partial charge is 0.207 e. The summed E-state index contributed by atoms with van der Waals surface area (Å²) in [6, 6.07) is 17.0. The monoisotopic (exact) mass is 264 g/mol. The molecule has 0 saturated heterocycles. The van der Waals surface area contributed by atoms with Crippen LogP contribution in [0.15, 0.2) is 64.4 Å². The Balaban J connectivity index is 1.71. The minimum Gasteiger partial charge on any atom is -0.207 e. The van der Waals surface area contributed by atoms with Crippen molar-refractivity contribution in [2.24, 2.45) is 0 Å². The molecule has 88 valence electrons. The van der Waals surface area contributed by atoms with E-state index in [4.69, 9.17) is 0 Å². The van der Waals surface area contributed by atoms with Crippen molar-refractivity contribution in [3.8, 4) is 0 Å². The molecule has 0 heterocycles. The molecule has 0 saturated carbocycles. The van der Waals surface area contributed by atoms with E-state index in [1.807, 2.05) is 30.0 Å². The van der Waals surface area contributed by atoms with Crippen molar-refractivity contribution >= 4 is 23.5 Å². The van der Waals surface area contributed by atoms with Crippen molar-refractivity contribution in [3.63, 3.8) is 0 Å². The second kappa shape index (κ2) is 6.72. The van der Waals surface area contributed by atoms with Crippen LogP contribution in [0, 0.1) is 5.82 Å². The molecule has 2 aromatic carbocycles. The molecule has 0 aliphatic heterocycles. The Bertz CT molecular complexity index is 440. The maximum Gasteiger partial charge on any atom is 0.123 e. The van der Waals surface area contributed by atoms with Crippen LogP contribution in [0.3, 0.4) is 0 Å². The summed E-state index contributed by atoms with van der Waals surface area (Å²) < 4.78 is 12.7. The highest BCUT2D eigenvalue weighted by atomic mass is 32.2. The Kier molecular flexibility index (Phi) is 4.95. The normalized spacial score (nSPS) is 10.4. The highest BCUT2D eigenvalue weighted by Crippen LogP contribution is 2.22. The maximum absolute atomic E-state index is 12.7. The van der Waals surface area contributed by atoms with Gasteiger partial charge in [-0.05, 0) is 36.4 Å². The summed E-state index contributed by atoms with van der Waals surface area (Å²) in [7, 11) is 0. The van der Waals surface area contributed by atoms with Gasteiger partial charge >= 0.3 is 0 Å². The summed E-state index contributed by atoms with van der Waals surface area (Å²) in [5.41, 5.74) is 0. The molecule has 0 aliphatic carbocycles. The van der Waals surface area contributed by atoms with Crippen molar-refractivity contribution in [3.05, 3.63) is 60.4 Å². The molecule has 0 bridgehead atoms. The van der Waals surface area contributed by atoms with Gasteiger partial charge in [0, 0.05) is 21.3 Å². The fraction of sp³-hybridized carbons (Fsp3) is 0.143. The average Bonchev–Trinajstić information content (AvgIpc) is 2.38. The third kappa shape index (κ3) is 4.44. The first-order valence-electron chi connectivity index (χ1n) is 5.41. The van der Waals surface area contributed by atoms with Crippen molar-refractivity contribution in [1.29, 1.82) is 0 Å². The molecule has 3 heteroatoms. The number of halogens is 1. The highest BCUT2D eigenvalue weighted by Gasteiger charge is 1.96. The van der Waals surface area contributed by atoms with Gasteiger partial charge in [0.1, 0.15) is 5.82 Å². The Morgan fingerprint density at radius 2 is 1.24 bits per heavy atom. The first kappa shape index (κ1) is 12.5. The molecule has 0 aliphatic rings. The van der Waals surface area contributed by atoms with Crippen LogP contribution >= 0.6 is 23.5 Å². The number of thioether (sulfide) groups is 2. The van der Waals surface area contributed by atoms with E-state index in [1.54, 1.807) is 11.8 Å². The number of hydrogen-bond donors (Lipinski definition) is 0. The quantitative estimate of drug-likeness (QED) is 0.566. The summed E-state index contributed by atoms with van der Waals surface area (Å²) in [5, 5.41) is 0. The zero-order valence-electron chi connectivity index (χ0n) is 9.30. The lowest BCUT2D eigenvalue weighted by Crippen LogP contribution is -1.84. The van der Waals surface area contributed by atoms with Crippen LogP contribution in [-0.2, 0) is 0 Å². The molecule has 0 unspecified atom stereocenters. The van der Waals surface area contributed by atoms with Gasteiger partial charge in [0.25, 0.3) is 0 Å². The predicted octanol–water partition coefficient (Wildman–Crippen LogP) is 4.71. The van der Waals surface area contributed by atoms with Gasteiger partial charge in [-0.3, -0.25) is 0 Å². The standard InChI is InChI=1S/C14H13FS2/c15-12-6-8-14(9-7-12)17-11-10-16-13-4-2-1-3-5-13/h1-9H,10-11H2. The smallest absolute Gasteiger partial charge is 0.123 e. The van der Waals surface area contributed by atoms with E-state index in [2.05, 4.69) is 24.3 Å². The van der Waals surface area contributed by atoms with Gasteiger partial charge in [0.2, 0.25) is 0 Å². The van der Waals surface area contributed by atoms with Crippen LogP contribution in [0.2, 0.25) is 0 Å². The van der Waals surface area contributed by atoms with E-state index < -0.39 is 0 Å². The van der Waals surface area contributed by atoms with E-state index >= 15 is 0 Å². The van der Waals surface area contributed by atoms with Crippen molar-refractivity contribution in [2.75, 3.05) is 11.5 Å². The van der Waals surface area contributed by atoms with E-state index in [9.17, 15) is 4.39 Å². The first-order chi connectivity index (χ1) is 8.34. The third-order valence-electron chi connectivity index (χ3n) is 2.18. The molecule has 0 N–H and O–H groups in total. The fourth-order valence-corrected chi connectivity index (χ4v) is 3.18. The lowest BCUT2D eigenvalue weighted by Gasteiger charge is -2.02. The molecule has 0 fully saturated rings. The van der Waals surface area contributed by atoms with E-state index in [0.717, 1.165) is 16.4 Å². The minimum absolute atomic E-state index is 0.173. The van der Waals surface area contributed by atoms with Crippen molar-refractivity contribution < 1.29 is 4.39 Å². The maximum atomic E-state index is 12.7. The van der Waals surface area contributed by atoms with Gasteiger partial charge in [-0.25, -0.2) is 4.39 Å². The SMILES string of the molecule is Fc1ccc(SCCSc2ccccc2)cc1. The molecule has 0 atom stereocenters. The fourth-order valence-electron chi connectivity index (χ4n) is 1.37. The van der Waals surface area contributed by atoms with Crippen LogP contribution in [0.4, 0.5) is 4.39 Å². The van der Waals surface area contributed by atoms with Crippen LogP contribution in [0.5, 0.6) is 0 Å². The summed E-state index contributed by atoms with van der Waals surface area (Å²) in [4.78, 5) is 2.42. The zero-order chi connectivity index (χ0) is 11.9. The Morgan fingerprint density at radius 1 is 0.706 bits per heavy atom. The van der Waals surface area contributed by atoms with Crippen molar-refractivity contribution in [1.82, 2.24) is 0 Å². The summed E-state index contributed by atoms with van der Waals surface area (Å²) >= 11 is 3.61. The van der Waals surface area contributed by atoms with Crippen LogP contribution in [0.25, 0.3) is 0 Å². The Hall–Kier alpha value is -0.930. The molecular weight excluding hydrogens is 251 g/mol. The number of hydrogen-bond acceptors (Lipinski definition) is 2.